The van der Waals surface area contributed by atoms with Gasteiger partial charge in [0.1, 0.15) is 0 Å². The summed E-state index contributed by atoms with van der Waals surface area (Å²) in [7, 11) is 0. The molecule has 0 saturated carbocycles. The van der Waals surface area contributed by atoms with Gasteiger partial charge in [0.05, 0.1) is 0 Å². The van der Waals surface area contributed by atoms with E-state index >= 15 is 0 Å². The first kappa shape index (κ1) is 8.32. The molecule has 0 bridgehead atoms. The fourth-order valence-corrected chi connectivity index (χ4v) is 0.340. The fourth-order valence-electron chi connectivity index (χ4n) is 0.340. The lowest BCUT2D eigenvalue weighted by Gasteiger charge is -2.13. The highest BCUT2D eigenvalue weighted by Gasteiger charge is 2.25. The first-order chi connectivity index (χ1) is 3.98. The zero-order valence-corrected chi connectivity index (χ0v) is 5.33. The molecule has 0 aliphatic heterocycles. The molecule has 0 fully saturated rings. The van der Waals surface area contributed by atoms with Crippen LogP contribution in [-0.4, -0.2) is 22.3 Å². The lowest BCUT2D eigenvalue weighted by atomic mass is 10.1. The van der Waals surface area contributed by atoms with Crippen molar-refractivity contribution in [2.45, 2.75) is 19.4 Å². The summed E-state index contributed by atoms with van der Waals surface area (Å²) >= 11 is 0. The van der Waals surface area contributed by atoms with Crippen molar-refractivity contribution < 1.29 is 15.1 Å². The Hall–Kier alpha value is -0.680. The van der Waals surface area contributed by atoms with Gasteiger partial charge in [-0.05, 0) is 13.8 Å². The van der Waals surface area contributed by atoms with Crippen molar-refractivity contribution in [3.05, 3.63) is 10.1 Å². The van der Waals surface area contributed by atoms with E-state index in [9.17, 15) is 10.1 Å². The maximum absolute atomic E-state index is 9.79. The Morgan fingerprint density at radius 3 is 2.33 bits per heavy atom. The highest BCUT2D eigenvalue weighted by atomic mass is 17.1. The van der Waals surface area contributed by atoms with Crippen LogP contribution in [0.1, 0.15) is 13.8 Å². The van der Waals surface area contributed by atoms with Gasteiger partial charge in [0.2, 0.25) is 6.54 Å². The number of hydrogen-bond donors (Lipinski definition) is 1. The summed E-state index contributed by atoms with van der Waals surface area (Å²) in [5.41, 5.74) is -1.08. The van der Waals surface area contributed by atoms with E-state index in [-0.39, 0.29) is 0 Å². The molecule has 5 nitrogen and oxygen atoms in total. The highest BCUT2D eigenvalue weighted by Crippen LogP contribution is 2.05. The first-order valence-electron chi connectivity index (χ1n) is 2.42. The lowest BCUT2D eigenvalue weighted by molar-refractivity contribution is -0.516. The van der Waals surface area contributed by atoms with E-state index < -0.39 is 17.1 Å². The summed E-state index contributed by atoms with van der Waals surface area (Å²) in [4.78, 5) is 13.0. The largest absolute Gasteiger partial charge is 0.264 e. The average molecular weight is 135 g/mol. The normalized spacial score (nSPS) is 11.4. The summed E-state index contributed by atoms with van der Waals surface area (Å²) in [6, 6.07) is 0. The topological polar surface area (TPSA) is 72.6 Å². The second-order valence-corrected chi connectivity index (χ2v) is 2.34. The minimum absolute atomic E-state index is 0.399. The van der Waals surface area contributed by atoms with Crippen LogP contribution in [0.2, 0.25) is 0 Å². The van der Waals surface area contributed by atoms with Crippen molar-refractivity contribution >= 4 is 0 Å². The number of hydrogen-bond acceptors (Lipinski definition) is 4. The summed E-state index contributed by atoms with van der Waals surface area (Å²) in [6.45, 7) is 2.45. The molecule has 0 unspecified atom stereocenters. The summed E-state index contributed by atoms with van der Waals surface area (Å²) < 4.78 is 0. The lowest BCUT2D eigenvalue weighted by Crippen LogP contribution is -2.32. The molecule has 0 amide bonds. The van der Waals surface area contributed by atoms with E-state index in [1.54, 1.807) is 0 Å². The Balaban J connectivity index is 3.71. The van der Waals surface area contributed by atoms with E-state index in [1.165, 1.54) is 13.8 Å². The third-order valence-electron chi connectivity index (χ3n) is 0.757. The zero-order chi connectivity index (χ0) is 7.49. The van der Waals surface area contributed by atoms with Crippen LogP contribution in [0.25, 0.3) is 0 Å². The van der Waals surface area contributed by atoms with Crippen LogP contribution < -0.4 is 0 Å². The molecule has 0 aromatic carbocycles. The summed E-state index contributed by atoms with van der Waals surface area (Å²) in [6.07, 6.45) is 0. The molecule has 0 heterocycles. The molecule has 0 aromatic rings. The zero-order valence-electron chi connectivity index (χ0n) is 5.33. The molecule has 0 aliphatic carbocycles. The molecule has 0 aromatic heterocycles. The van der Waals surface area contributed by atoms with E-state index in [0.29, 0.717) is 0 Å². The van der Waals surface area contributed by atoms with Gasteiger partial charge in [0.25, 0.3) is 0 Å². The van der Waals surface area contributed by atoms with Crippen molar-refractivity contribution in [1.82, 2.24) is 0 Å². The van der Waals surface area contributed by atoms with E-state index in [1.807, 2.05) is 0 Å². The van der Waals surface area contributed by atoms with Gasteiger partial charge < -0.3 is 0 Å². The van der Waals surface area contributed by atoms with E-state index in [0.717, 1.165) is 0 Å². The Labute approximate surface area is 52.3 Å². The molecule has 0 radical (unpaired) electrons. The van der Waals surface area contributed by atoms with Gasteiger partial charge >= 0.3 is 0 Å². The quantitative estimate of drug-likeness (QED) is 0.348. The molecular weight excluding hydrogens is 126 g/mol. The third-order valence-corrected chi connectivity index (χ3v) is 0.757. The smallest absolute Gasteiger partial charge is 0.235 e. The summed E-state index contributed by atoms with van der Waals surface area (Å²) in [5, 5.41) is 17.8. The molecule has 54 valence electrons. The van der Waals surface area contributed by atoms with Gasteiger partial charge in [-0.3, -0.25) is 15.4 Å². The fraction of sp³-hybridized carbons (Fsp3) is 1.00. The maximum atomic E-state index is 9.79. The Bertz CT molecular complexity index is 111. The van der Waals surface area contributed by atoms with Crippen molar-refractivity contribution in [2.75, 3.05) is 6.54 Å². The van der Waals surface area contributed by atoms with Crippen LogP contribution in [0, 0.1) is 10.1 Å². The van der Waals surface area contributed by atoms with Gasteiger partial charge in [-0.2, -0.15) is 0 Å². The SMILES string of the molecule is CC(C)(C[N+](=O)[O-])OO. The van der Waals surface area contributed by atoms with Crippen LogP contribution in [0.4, 0.5) is 0 Å². The predicted molar refractivity (Wildman–Crippen MR) is 29.7 cm³/mol. The molecule has 0 rings (SSSR count). The van der Waals surface area contributed by atoms with Crippen molar-refractivity contribution in [3.8, 4) is 0 Å². The molecule has 9 heavy (non-hydrogen) atoms. The van der Waals surface area contributed by atoms with Crippen LogP contribution in [0.5, 0.6) is 0 Å². The molecule has 0 atom stereocenters. The van der Waals surface area contributed by atoms with E-state index in [4.69, 9.17) is 5.26 Å². The molecule has 0 spiro atoms. The second kappa shape index (κ2) is 2.75. The number of rotatable bonds is 3. The van der Waals surface area contributed by atoms with Crippen LogP contribution in [0.15, 0.2) is 0 Å². The average Bonchev–Trinajstić information content (AvgIpc) is 1.63. The Morgan fingerprint density at radius 2 is 2.22 bits per heavy atom. The van der Waals surface area contributed by atoms with Crippen LogP contribution in [0.3, 0.4) is 0 Å². The van der Waals surface area contributed by atoms with Gasteiger partial charge in [-0.1, -0.05) is 0 Å². The van der Waals surface area contributed by atoms with Crippen molar-refractivity contribution in [1.29, 1.82) is 0 Å². The van der Waals surface area contributed by atoms with Gasteiger partial charge in [-0.15, -0.1) is 0 Å². The summed E-state index contributed by atoms with van der Waals surface area (Å²) in [5.74, 6) is 0. The molecule has 0 aliphatic rings. The van der Waals surface area contributed by atoms with Crippen LogP contribution in [-0.2, 0) is 4.89 Å². The van der Waals surface area contributed by atoms with Gasteiger partial charge in [-0.25, -0.2) is 4.89 Å². The monoisotopic (exact) mass is 135 g/mol. The predicted octanol–water partition coefficient (Wildman–Crippen LogP) is 0.531. The molecule has 1 N–H and O–H groups in total. The maximum Gasteiger partial charge on any atom is 0.235 e. The molecule has 5 heteroatoms. The van der Waals surface area contributed by atoms with E-state index in [2.05, 4.69) is 4.89 Å². The highest BCUT2D eigenvalue weighted by molar-refractivity contribution is 4.63. The second-order valence-electron chi connectivity index (χ2n) is 2.34. The van der Waals surface area contributed by atoms with Crippen LogP contribution >= 0.6 is 0 Å². The first-order valence-corrected chi connectivity index (χ1v) is 2.42. The Kier molecular flexibility index (Phi) is 2.54. The number of nitro groups is 1. The Morgan fingerprint density at radius 1 is 1.78 bits per heavy atom. The molecular formula is C4H9NO4. The van der Waals surface area contributed by atoms with Crippen molar-refractivity contribution in [2.24, 2.45) is 0 Å². The third kappa shape index (κ3) is 3.87. The van der Waals surface area contributed by atoms with Gasteiger partial charge in [0, 0.05) is 4.92 Å². The minimum Gasteiger partial charge on any atom is -0.264 e. The van der Waals surface area contributed by atoms with Crippen molar-refractivity contribution in [3.63, 3.8) is 0 Å². The van der Waals surface area contributed by atoms with Gasteiger partial charge in [0.15, 0.2) is 5.60 Å². The standard InChI is InChI=1S/C4H9NO4/c1-4(2,9-8)3-5(6)7/h8H,3H2,1-2H3. The molecule has 0 saturated heterocycles. The number of nitrogens with zero attached hydrogens (tertiary/aromatic N) is 1. The minimum atomic E-state index is -1.08.